The van der Waals surface area contributed by atoms with Gasteiger partial charge in [-0.05, 0) is 59.4 Å². The number of aromatic nitrogens is 1. The molecule has 0 amide bonds. The van der Waals surface area contributed by atoms with E-state index in [1.807, 2.05) is 24.3 Å². The van der Waals surface area contributed by atoms with Gasteiger partial charge in [0.1, 0.15) is 16.3 Å². The van der Waals surface area contributed by atoms with Crippen LogP contribution >= 0.6 is 23.1 Å². The van der Waals surface area contributed by atoms with E-state index in [2.05, 4.69) is 16.2 Å². The van der Waals surface area contributed by atoms with E-state index < -0.39 is 5.82 Å². The van der Waals surface area contributed by atoms with Gasteiger partial charge in [-0.15, -0.1) is 0 Å². The topological polar surface area (TPSA) is 36.4 Å². The molecule has 136 valence electrons. The Hall–Kier alpha value is -2.37. The van der Waals surface area contributed by atoms with Crippen molar-refractivity contribution in [1.82, 2.24) is 4.37 Å². The highest BCUT2D eigenvalue weighted by molar-refractivity contribution is 7.11. The first-order valence-electron chi connectivity index (χ1n) is 8.80. The van der Waals surface area contributed by atoms with E-state index >= 15 is 4.39 Å². The van der Waals surface area contributed by atoms with Crippen LogP contribution in [0.4, 0.5) is 9.39 Å². The Morgan fingerprint density at radius 2 is 2.04 bits per heavy atom. The molecule has 1 aromatic heterocycles. The summed E-state index contributed by atoms with van der Waals surface area (Å²) < 4.78 is 19.9. The molecule has 2 heterocycles. The number of phenols is 1. The zero-order valence-corrected chi connectivity index (χ0v) is 16.1. The number of fused-ring (bicyclic) bond motifs is 2. The minimum Gasteiger partial charge on any atom is -0.508 e. The molecule has 1 atom stereocenters. The van der Waals surface area contributed by atoms with Crippen molar-refractivity contribution in [2.45, 2.75) is 19.4 Å². The molecule has 3 aromatic carbocycles. The van der Waals surface area contributed by atoms with Crippen molar-refractivity contribution in [2.24, 2.45) is 0 Å². The Bertz CT molecular complexity index is 1210. The fourth-order valence-electron chi connectivity index (χ4n) is 3.77. The number of hydrogen-bond donors (Lipinski definition) is 1. The predicted octanol–water partition coefficient (Wildman–Crippen LogP) is 6.21. The molecule has 1 N–H and O–H groups in total. The second kappa shape index (κ2) is 6.08. The van der Waals surface area contributed by atoms with E-state index in [-0.39, 0.29) is 11.3 Å². The summed E-state index contributed by atoms with van der Waals surface area (Å²) in [7, 11) is 0. The molecular formula is C21H16ClFN2OS. The van der Waals surface area contributed by atoms with Crippen molar-refractivity contribution in [3.05, 3.63) is 53.3 Å². The van der Waals surface area contributed by atoms with Crippen molar-refractivity contribution in [2.75, 3.05) is 11.4 Å². The van der Waals surface area contributed by atoms with Crippen molar-refractivity contribution in [1.29, 1.82) is 0 Å². The highest BCUT2D eigenvalue weighted by Crippen LogP contribution is 2.44. The van der Waals surface area contributed by atoms with Gasteiger partial charge in [-0.2, -0.15) is 4.37 Å². The van der Waals surface area contributed by atoms with Gasteiger partial charge in [-0.3, -0.25) is 0 Å². The summed E-state index contributed by atoms with van der Waals surface area (Å²) in [6.45, 7) is 3.11. The third kappa shape index (κ3) is 2.49. The molecule has 0 aliphatic carbocycles. The first-order chi connectivity index (χ1) is 13.0. The number of nitrogens with zero attached hydrogens (tertiary/aromatic N) is 2. The summed E-state index contributed by atoms with van der Waals surface area (Å²) in [6.07, 6.45) is 1.13. The van der Waals surface area contributed by atoms with Crippen molar-refractivity contribution < 1.29 is 9.50 Å². The van der Waals surface area contributed by atoms with Gasteiger partial charge in [-0.25, -0.2) is 4.39 Å². The van der Waals surface area contributed by atoms with Crippen LogP contribution in [0.25, 0.3) is 32.8 Å². The van der Waals surface area contributed by atoms with Crippen molar-refractivity contribution >= 4 is 49.8 Å². The van der Waals surface area contributed by atoms with E-state index in [1.165, 1.54) is 11.5 Å². The summed E-state index contributed by atoms with van der Waals surface area (Å²) in [6, 6.07) is 13.0. The monoisotopic (exact) mass is 398 g/mol. The van der Waals surface area contributed by atoms with Crippen LogP contribution in [0.15, 0.2) is 42.5 Å². The van der Waals surface area contributed by atoms with Gasteiger partial charge >= 0.3 is 0 Å². The molecule has 1 saturated heterocycles. The average molecular weight is 399 g/mol. The van der Waals surface area contributed by atoms with Gasteiger partial charge in [0.2, 0.25) is 0 Å². The lowest BCUT2D eigenvalue weighted by molar-refractivity contribution is 0.476. The number of hydrogen-bond acceptors (Lipinski definition) is 4. The molecule has 1 aliphatic rings. The molecule has 3 nitrogen and oxygen atoms in total. The van der Waals surface area contributed by atoms with Crippen LogP contribution in [0, 0.1) is 5.82 Å². The van der Waals surface area contributed by atoms with Gasteiger partial charge < -0.3 is 10.0 Å². The maximum atomic E-state index is 15.5. The molecule has 0 bridgehead atoms. The lowest BCUT2D eigenvalue weighted by atomic mass is 9.96. The van der Waals surface area contributed by atoms with Crippen LogP contribution in [-0.4, -0.2) is 22.1 Å². The lowest BCUT2D eigenvalue weighted by Gasteiger charge is -2.39. The van der Waals surface area contributed by atoms with Crippen LogP contribution in [-0.2, 0) is 0 Å². The zero-order valence-electron chi connectivity index (χ0n) is 14.5. The number of halogens is 2. The van der Waals surface area contributed by atoms with Crippen LogP contribution in [0.2, 0.25) is 5.02 Å². The smallest absolute Gasteiger partial charge is 0.159 e. The van der Waals surface area contributed by atoms with E-state index in [4.69, 9.17) is 11.6 Å². The molecule has 0 saturated carbocycles. The molecule has 0 spiro atoms. The Morgan fingerprint density at radius 1 is 1.22 bits per heavy atom. The molecule has 0 radical (unpaired) electrons. The lowest BCUT2D eigenvalue weighted by Crippen LogP contribution is -2.45. The van der Waals surface area contributed by atoms with Gasteiger partial charge in [0, 0.05) is 23.5 Å². The van der Waals surface area contributed by atoms with Crippen LogP contribution < -0.4 is 4.90 Å². The second-order valence-corrected chi connectivity index (χ2v) is 8.14. The molecule has 1 fully saturated rings. The Kier molecular flexibility index (Phi) is 3.78. The van der Waals surface area contributed by atoms with Gasteiger partial charge in [0.25, 0.3) is 0 Å². The zero-order chi connectivity index (χ0) is 18.7. The summed E-state index contributed by atoms with van der Waals surface area (Å²) >= 11 is 7.88. The minimum atomic E-state index is -0.441. The third-order valence-electron chi connectivity index (χ3n) is 5.34. The molecule has 1 aliphatic heterocycles. The SMILES string of the molecule is C[C@@H]1CCN1c1snc2c(F)c(-c3cc(O)cc4ccccc34)c(Cl)cc12. The summed E-state index contributed by atoms with van der Waals surface area (Å²) in [5.74, 6) is -0.364. The maximum Gasteiger partial charge on any atom is 0.159 e. The number of benzene rings is 3. The first kappa shape index (κ1) is 16.8. The van der Waals surface area contributed by atoms with Crippen molar-refractivity contribution in [3.63, 3.8) is 0 Å². The maximum absolute atomic E-state index is 15.5. The van der Waals surface area contributed by atoms with Crippen LogP contribution in [0.1, 0.15) is 13.3 Å². The Morgan fingerprint density at radius 3 is 2.78 bits per heavy atom. The van der Waals surface area contributed by atoms with Gasteiger partial charge in [0.15, 0.2) is 5.82 Å². The van der Waals surface area contributed by atoms with Crippen molar-refractivity contribution in [3.8, 4) is 16.9 Å². The molecule has 5 rings (SSSR count). The number of anilines is 1. The third-order valence-corrected chi connectivity index (χ3v) is 6.54. The van der Waals surface area contributed by atoms with E-state index in [0.29, 0.717) is 22.1 Å². The Balaban J connectivity index is 1.78. The quantitative estimate of drug-likeness (QED) is 0.436. The molecule has 27 heavy (non-hydrogen) atoms. The van der Waals surface area contributed by atoms with E-state index in [9.17, 15) is 5.11 Å². The standard InChI is InChI=1S/C21H16ClFN2OS/c1-11-6-7-25(11)21-16-10-17(22)18(19(23)20(16)24-27-21)15-9-13(26)8-12-4-2-3-5-14(12)15/h2-5,8-11,26H,6-7H2,1H3/t11-/m1/s1. The number of aromatic hydroxyl groups is 1. The highest BCUT2D eigenvalue weighted by Gasteiger charge is 2.29. The highest BCUT2D eigenvalue weighted by atomic mass is 35.5. The summed E-state index contributed by atoms with van der Waals surface area (Å²) in [5.41, 5.74) is 1.19. The molecule has 0 unspecified atom stereocenters. The first-order valence-corrected chi connectivity index (χ1v) is 9.96. The predicted molar refractivity (Wildman–Crippen MR) is 111 cm³/mol. The van der Waals surface area contributed by atoms with Gasteiger partial charge in [-0.1, -0.05) is 35.9 Å². The largest absolute Gasteiger partial charge is 0.508 e. The normalized spacial score (nSPS) is 16.9. The van der Waals surface area contributed by atoms with Crippen LogP contribution in [0.3, 0.4) is 0 Å². The van der Waals surface area contributed by atoms with Crippen LogP contribution in [0.5, 0.6) is 5.75 Å². The van der Waals surface area contributed by atoms with E-state index in [1.54, 1.807) is 18.2 Å². The average Bonchev–Trinajstić information content (AvgIpc) is 3.03. The number of phenolic OH excluding ortho intramolecular Hbond substituents is 1. The Labute approximate surface area is 164 Å². The minimum absolute atomic E-state index is 0.0765. The number of rotatable bonds is 2. The fourth-order valence-corrected chi connectivity index (χ4v) is 5.05. The summed E-state index contributed by atoms with van der Waals surface area (Å²) in [4.78, 5) is 2.24. The molecular weight excluding hydrogens is 383 g/mol. The fraction of sp³-hybridized carbons (Fsp3) is 0.190. The second-order valence-electron chi connectivity index (χ2n) is 6.98. The molecule has 4 aromatic rings. The van der Waals surface area contributed by atoms with E-state index in [0.717, 1.165) is 34.1 Å². The summed E-state index contributed by atoms with van der Waals surface area (Å²) in [5, 5.41) is 13.8. The van der Waals surface area contributed by atoms with Gasteiger partial charge in [0.05, 0.1) is 5.02 Å². The molecule has 6 heteroatoms.